The predicted molar refractivity (Wildman–Crippen MR) is 113 cm³/mol. The van der Waals surface area contributed by atoms with Gasteiger partial charge in [-0.1, -0.05) is 41.0 Å². The van der Waals surface area contributed by atoms with Gasteiger partial charge in [0.2, 0.25) is 5.82 Å². The molecule has 164 valence electrons. The van der Waals surface area contributed by atoms with E-state index in [2.05, 4.69) is 20.3 Å². The first-order valence-electron chi connectivity index (χ1n) is 9.31. The summed E-state index contributed by atoms with van der Waals surface area (Å²) in [6.45, 7) is 0.593. The van der Waals surface area contributed by atoms with Crippen LogP contribution in [0.25, 0.3) is 0 Å². The summed E-state index contributed by atoms with van der Waals surface area (Å²) in [6.07, 6.45) is 1.11. The summed E-state index contributed by atoms with van der Waals surface area (Å²) in [5.74, 6) is -1.09. The molecule has 1 aromatic heterocycles. The van der Waals surface area contributed by atoms with Gasteiger partial charge in [-0.15, -0.1) is 0 Å². The molecule has 3 aromatic rings. The van der Waals surface area contributed by atoms with Crippen molar-refractivity contribution in [2.24, 2.45) is 10.3 Å². The molecule has 0 aliphatic carbocycles. The molecule has 32 heavy (non-hydrogen) atoms. The average molecular weight is 459 g/mol. The molecule has 0 amide bonds. The molecule has 0 bridgehead atoms. The Morgan fingerprint density at radius 1 is 1.00 bits per heavy atom. The van der Waals surface area contributed by atoms with Gasteiger partial charge in [0.05, 0.1) is 10.6 Å². The lowest BCUT2D eigenvalue weighted by molar-refractivity contribution is 0.0672. The van der Waals surface area contributed by atoms with Gasteiger partial charge in [0.15, 0.2) is 12.3 Å². The minimum Gasteiger partial charge on any atom is -0.470 e. The third kappa shape index (κ3) is 4.70. The number of oxime groups is 2. The maximum absolute atomic E-state index is 15.1. The highest BCUT2D eigenvalue weighted by Gasteiger charge is 2.24. The van der Waals surface area contributed by atoms with Crippen LogP contribution in [0.2, 0.25) is 5.02 Å². The normalized spacial score (nSPS) is 13.5. The zero-order valence-corrected chi connectivity index (χ0v) is 17.5. The van der Waals surface area contributed by atoms with Crippen molar-refractivity contribution >= 4 is 23.2 Å². The van der Waals surface area contributed by atoms with Gasteiger partial charge in [-0.05, 0) is 29.4 Å². The lowest BCUT2D eigenvalue weighted by Crippen LogP contribution is -2.25. The van der Waals surface area contributed by atoms with Crippen LogP contribution in [-0.4, -0.2) is 41.9 Å². The topological polar surface area (TPSA) is 96.7 Å². The monoisotopic (exact) mass is 458 g/mol. The molecule has 0 N–H and O–H groups in total. The van der Waals surface area contributed by atoms with Crippen molar-refractivity contribution in [3.8, 4) is 23.3 Å². The van der Waals surface area contributed by atoms with Crippen molar-refractivity contribution in [1.82, 2.24) is 9.97 Å². The minimum atomic E-state index is -0.915. The Morgan fingerprint density at radius 2 is 1.69 bits per heavy atom. The third-order valence-corrected chi connectivity index (χ3v) is 4.38. The summed E-state index contributed by atoms with van der Waals surface area (Å²) in [7, 11) is 1.37. The van der Waals surface area contributed by atoms with Gasteiger partial charge in [0.1, 0.15) is 31.5 Å². The molecule has 0 spiro atoms. The Morgan fingerprint density at radius 3 is 2.38 bits per heavy atom. The summed E-state index contributed by atoms with van der Waals surface area (Å²) < 4.78 is 31.8. The molecule has 0 saturated carbocycles. The first-order valence-corrected chi connectivity index (χ1v) is 9.69. The van der Waals surface area contributed by atoms with E-state index in [0.29, 0.717) is 17.2 Å². The summed E-state index contributed by atoms with van der Waals surface area (Å²) >= 11 is 6.07. The molecular weight excluding hydrogens is 443 g/mol. The summed E-state index contributed by atoms with van der Waals surface area (Å²) in [6, 6.07) is 13.3. The molecule has 0 saturated heterocycles. The van der Waals surface area contributed by atoms with Crippen LogP contribution in [0, 0.1) is 5.82 Å². The third-order valence-electron chi connectivity index (χ3n) is 4.06. The van der Waals surface area contributed by atoms with E-state index in [9.17, 15) is 0 Å². The average Bonchev–Trinajstić information content (AvgIpc) is 2.82. The van der Waals surface area contributed by atoms with Gasteiger partial charge in [0, 0.05) is 0 Å². The smallest absolute Gasteiger partial charge is 0.280 e. The van der Waals surface area contributed by atoms with Gasteiger partial charge in [0.25, 0.3) is 17.7 Å². The molecule has 1 aliphatic heterocycles. The molecule has 1 aliphatic rings. The van der Waals surface area contributed by atoms with Crippen molar-refractivity contribution in [3.63, 3.8) is 0 Å². The lowest BCUT2D eigenvalue weighted by Gasteiger charge is -2.17. The Hall–Kier alpha value is -3.92. The fourth-order valence-electron chi connectivity index (χ4n) is 2.68. The summed E-state index contributed by atoms with van der Waals surface area (Å²) in [5, 5.41) is 8.12. The van der Waals surface area contributed by atoms with Gasteiger partial charge >= 0.3 is 0 Å². The van der Waals surface area contributed by atoms with E-state index < -0.39 is 5.82 Å². The van der Waals surface area contributed by atoms with Gasteiger partial charge in [-0.2, -0.15) is 14.4 Å². The number of halogens is 2. The molecule has 0 unspecified atom stereocenters. The maximum atomic E-state index is 15.1. The zero-order chi connectivity index (χ0) is 22.3. The molecule has 0 atom stereocenters. The fourth-order valence-corrected chi connectivity index (χ4v) is 2.85. The second-order valence-electron chi connectivity index (χ2n) is 6.13. The van der Waals surface area contributed by atoms with E-state index in [0.717, 1.165) is 6.33 Å². The van der Waals surface area contributed by atoms with Crippen LogP contribution in [0.1, 0.15) is 5.56 Å². The van der Waals surface area contributed by atoms with Crippen LogP contribution in [0.15, 0.2) is 65.2 Å². The van der Waals surface area contributed by atoms with E-state index in [1.165, 1.54) is 7.11 Å². The molecule has 4 rings (SSSR count). The number of nitrogens with zero attached hydrogens (tertiary/aromatic N) is 4. The Kier molecular flexibility index (Phi) is 6.61. The number of hydrogen-bond donors (Lipinski definition) is 0. The van der Waals surface area contributed by atoms with Crippen LogP contribution >= 0.6 is 11.6 Å². The van der Waals surface area contributed by atoms with Gasteiger partial charge < -0.3 is 23.9 Å². The van der Waals surface area contributed by atoms with Gasteiger partial charge in [-0.3, -0.25) is 0 Å². The largest absolute Gasteiger partial charge is 0.470 e. The van der Waals surface area contributed by atoms with E-state index in [4.69, 9.17) is 35.5 Å². The number of ether oxygens (including phenoxy) is 3. The molecule has 0 radical (unpaired) electrons. The van der Waals surface area contributed by atoms with Crippen molar-refractivity contribution < 1.29 is 28.3 Å². The number of aromatic nitrogens is 2. The minimum absolute atomic E-state index is 0.0973. The fraction of sp³-hybridized carbons (Fsp3) is 0.143. The van der Waals surface area contributed by atoms with E-state index in [-0.39, 0.29) is 41.5 Å². The van der Waals surface area contributed by atoms with E-state index >= 15 is 4.39 Å². The van der Waals surface area contributed by atoms with Crippen LogP contribution in [0.3, 0.4) is 0 Å². The van der Waals surface area contributed by atoms with Crippen molar-refractivity contribution in [3.05, 3.63) is 71.3 Å². The summed E-state index contributed by atoms with van der Waals surface area (Å²) in [5.41, 5.74) is 0.606. The quantitative estimate of drug-likeness (QED) is 0.378. The molecule has 2 heterocycles. The predicted octanol–water partition coefficient (Wildman–Crippen LogP) is 4.56. The Balaban J connectivity index is 1.66. The van der Waals surface area contributed by atoms with Crippen LogP contribution < -0.4 is 9.47 Å². The highest BCUT2D eigenvalue weighted by atomic mass is 35.5. The highest BCUT2D eigenvalue weighted by molar-refractivity contribution is 6.45. The molecule has 11 heteroatoms. The van der Waals surface area contributed by atoms with Crippen LogP contribution in [0.4, 0.5) is 4.39 Å². The molecule has 9 nitrogen and oxygen atoms in total. The second-order valence-corrected chi connectivity index (χ2v) is 6.54. The summed E-state index contributed by atoms with van der Waals surface area (Å²) in [4.78, 5) is 17.7. The standard InChI is InChI=1S/C21H16ClFN4O5/c1-28-26-18(21-27-30-11-10-29-21)13-6-2-4-8-15(13)31-19-17(23)20(25-12-24-19)32-16-9-5-3-7-14(16)22/h2-9,12H,10-11H2,1H3/b26-18-. The SMILES string of the molecule is CO/N=C(\C1=NOCCO1)c1ccccc1Oc1ncnc(Oc2ccccc2Cl)c1F. The van der Waals surface area contributed by atoms with E-state index in [1.807, 2.05) is 0 Å². The van der Waals surface area contributed by atoms with Crippen molar-refractivity contribution in [2.75, 3.05) is 20.3 Å². The maximum Gasteiger partial charge on any atom is 0.280 e. The molecule has 0 fully saturated rings. The van der Waals surface area contributed by atoms with E-state index in [1.54, 1.807) is 48.5 Å². The molecule has 2 aromatic carbocycles. The van der Waals surface area contributed by atoms with Crippen LogP contribution in [-0.2, 0) is 14.4 Å². The van der Waals surface area contributed by atoms with Crippen LogP contribution in [0.5, 0.6) is 23.3 Å². The zero-order valence-electron chi connectivity index (χ0n) is 16.7. The Bertz CT molecular complexity index is 1170. The van der Waals surface area contributed by atoms with Crippen molar-refractivity contribution in [1.29, 1.82) is 0 Å². The second kappa shape index (κ2) is 9.92. The van der Waals surface area contributed by atoms with Crippen molar-refractivity contribution in [2.45, 2.75) is 0 Å². The Labute approximate surface area is 187 Å². The first kappa shape index (κ1) is 21.3. The number of para-hydroxylation sites is 2. The van der Waals surface area contributed by atoms with Gasteiger partial charge in [-0.25, -0.2) is 0 Å². The number of benzene rings is 2. The highest BCUT2D eigenvalue weighted by Crippen LogP contribution is 2.33. The number of rotatable bonds is 7. The number of hydrogen-bond acceptors (Lipinski definition) is 9. The molecular formula is C21H16ClFN4O5. The lowest BCUT2D eigenvalue weighted by atomic mass is 10.1. The first-order chi connectivity index (χ1) is 15.7.